The van der Waals surface area contributed by atoms with Crippen LogP contribution in [-0.2, 0) is 14.8 Å². The summed E-state index contributed by atoms with van der Waals surface area (Å²) < 4.78 is 48.4. The summed E-state index contributed by atoms with van der Waals surface area (Å²) in [6.07, 6.45) is 2.26. The van der Waals surface area contributed by atoms with Crippen molar-refractivity contribution < 1.29 is 22.6 Å². The molecule has 0 aliphatic heterocycles. The number of aromatic nitrogens is 5. The van der Waals surface area contributed by atoms with Gasteiger partial charge in [-0.15, -0.1) is 21.5 Å². The van der Waals surface area contributed by atoms with E-state index >= 15 is 0 Å². The normalized spacial score (nSPS) is 13.2. The molecule has 0 fully saturated rings. The Morgan fingerprint density at radius 1 is 1.03 bits per heavy atom. The highest BCUT2D eigenvalue weighted by Gasteiger charge is 2.35. The predicted octanol–water partition coefficient (Wildman–Crippen LogP) is 4.28. The summed E-state index contributed by atoms with van der Waals surface area (Å²) in [5.74, 6) is 1.34. The van der Waals surface area contributed by atoms with Crippen LogP contribution in [0.15, 0.2) is 42.7 Å². The van der Waals surface area contributed by atoms with Crippen LogP contribution in [0.2, 0.25) is 4.34 Å². The van der Waals surface area contributed by atoms with E-state index in [9.17, 15) is 8.42 Å². The minimum absolute atomic E-state index is 0.0751. The lowest BCUT2D eigenvalue weighted by Gasteiger charge is -2.22. The summed E-state index contributed by atoms with van der Waals surface area (Å²) in [6, 6.07) is 8.69. The number of para-hydroxylation sites is 1. The van der Waals surface area contributed by atoms with Gasteiger partial charge >= 0.3 is 0 Å². The lowest BCUT2D eigenvalue weighted by atomic mass is 10.2. The van der Waals surface area contributed by atoms with Crippen LogP contribution < -0.4 is 14.2 Å². The van der Waals surface area contributed by atoms with E-state index in [1.807, 2.05) is 6.92 Å². The molecule has 0 saturated heterocycles. The molecular formula is C23H25ClN6O5S2. The zero-order chi connectivity index (χ0) is 26.7. The molecule has 0 bridgehead atoms. The monoisotopic (exact) mass is 564 g/mol. The fourth-order valence-electron chi connectivity index (χ4n) is 3.65. The molecule has 37 heavy (non-hydrogen) atoms. The number of benzene rings is 1. The molecule has 0 amide bonds. The topological polar surface area (TPSA) is 130 Å². The van der Waals surface area contributed by atoms with Gasteiger partial charge in [0.25, 0.3) is 0 Å². The predicted molar refractivity (Wildman–Crippen MR) is 141 cm³/mol. The largest absolute Gasteiger partial charge is 0.494 e. The molecule has 0 aliphatic rings. The van der Waals surface area contributed by atoms with E-state index in [0.717, 1.165) is 5.56 Å². The van der Waals surface area contributed by atoms with Gasteiger partial charge in [-0.25, -0.2) is 18.4 Å². The van der Waals surface area contributed by atoms with E-state index in [4.69, 9.17) is 25.8 Å². The van der Waals surface area contributed by atoms with Gasteiger partial charge in [-0.1, -0.05) is 17.7 Å². The minimum Gasteiger partial charge on any atom is -0.494 e. The Hall–Kier alpha value is -3.26. The average molecular weight is 565 g/mol. The van der Waals surface area contributed by atoms with Crippen molar-refractivity contribution in [3.8, 4) is 27.9 Å². The van der Waals surface area contributed by atoms with Gasteiger partial charge in [-0.05, 0) is 43.7 Å². The van der Waals surface area contributed by atoms with Gasteiger partial charge in [0.05, 0.1) is 23.4 Å². The third-order valence-electron chi connectivity index (χ3n) is 5.54. The second-order valence-electron chi connectivity index (χ2n) is 7.92. The van der Waals surface area contributed by atoms with Gasteiger partial charge in [-0.2, -0.15) is 0 Å². The zero-order valence-electron chi connectivity index (χ0n) is 20.7. The molecule has 1 N–H and O–H groups in total. The van der Waals surface area contributed by atoms with Gasteiger partial charge < -0.3 is 14.2 Å². The van der Waals surface area contributed by atoms with E-state index in [-0.39, 0.29) is 11.8 Å². The first-order chi connectivity index (χ1) is 17.7. The van der Waals surface area contributed by atoms with Crippen LogP contribution in [0.5, 0.6) is 11.5 Å². The molecule has 0 radical (unpaired) electrons. The van der Waals surface area contributed by atoms with E-state index in [1.54, 1.807) is 42.7 Å². The number of hydrogen-bond donors (Lipinski definition) is 1. The third kappa shape index (κ3) is 5.39. The highest BCUT2D eigenvalue weighted by atomic mass is 35.5. The van der Waals surface area contributed by atoms with Crippen LogP contribution >= 0.6 is 22.9 Å². The lowest BCUT2D eigenvalue weighted by molar-refractivity contribution is 0.0949. The SMILES string of the molecule is COc1cccc(OC)c1-n1c(NS(=O)(=O)[C@@H](C)[C@H](OC)c2ncc(C)cn2)nnc1-c1ccc(Cl)s1. The zero-order valence-corrected chi connectivity index (χ0v) is 23.1. The Morgan fingerprint density at radius 3 is 2.22 bits per heavy atom. The van der Waals surface area contributed by atoms with Crippen LogP contribution in [0.25, 0.3) is 16.4 Å². The Morgan fingerprint density at radius 2 is 1.68 bits per heavy atom. The third-order valence-corrected chi connectivity index (χ3v) is 8.46. The second kappa shape index (κ2) is 11.0. The first-order valence-corrected chi connectivity index (χ1v) is 13.7. The summed E-state index contributed by atoms with van der Waals surface area (Å²) in [5.41, 5.74) is 1.25. The van der Waals surface area contributed by atoms with Gasteiger partial charge in [0.15, 0.2) is 11.6 Å². The first-order valence-electron chi connectivity index (χ1n) is 11.0. The molecule has 0 saturated carbocycles. The van der Waals surface area contributed by atoms with Crippen LogP contribution in [0.1, 0.15) is 24.4 Å². The number of aryl methyl sites for hydroxylation is 1. The number of ether oxygens (including phenoxy) is 3. The van der Waals surface area contributed by atoms with Gasteiger partial charge in [0, 0.05) is 19.5 Å². The second-order valence-corrected chi connectivity index (χ2v) is 11.7. The molecule has 196 valence electrons. The standard InChI is InChI=1S/C23H25ClN6O5S2/c1-13-11-25-21(26-12-13)20(35-5)14(2)37(31,32)29-23-28-27-22(17-9-10-18(24)36-17)30(23)19-15(33-3)7-6-8-16(19)34-4/h6-12,14,20H,1-5H3,(H,28,29)/t14-,20-/m0/s1. The number of thiophene rings is 1. The molecule has 3 heterocycles. The van der Waals surface area contributed by atoms with Crippen molar-refractivity contribution in [2.75, 3.05) is 26.1 Å². The van der Waals surface area contributed by atoms with Crippen LogP contribution in [-0.4, -0.2) is 59.7 Å². The van der Waals surface area contributed by atoms with E-state index < -0.39 is 21.4 Å². The van der Waals surface area contributed by atoms with E-state index in [2.05, 4.69) is 24.9 Å². The molecule has 3 aromatic heterocycles. The fraction of sp³-hybridized carbons (Fsp3) is 0.304. The number of rotatable bonds is 10. The molecule has 0 aliphatic carbocycles. The lowest BCUT2D eigenvalue weighted by Crippen LogP contribution is -2.33. The minimum atomic E-state index is -4.10. The van der Waals surface area contributed by atoms with Crippen LogP contribution in [0.3, 0.4) is 0 Å². The molecule has 14 heteroatoms. The average Bonchev–Trinajstić information content (AvgIpc) is 3.50. The first kappa shape index (κ1) is 26.8. The Labute approximate surface area is 223 Å². The van der Waals surface area contributed by atoms with Crippen molar-refractivity contribution in [3.05, 3.63) is 58.4 Å². The number of halogens is 1. The number of methoxy groups -OCH3 is 3. The summed E-state index contributed by atoms with van der Waals surface area (Å²) in [6.45, 7) is 3.34. The van der Waals surface area contributed by atoms with Gasteiger partial charge in [0.1, 0.15) is 28.5 Å². The highest BCUT2D eigenvalue weighted by Crippen LogP contribution is 2.40. The van der Waals surface area contributed by atoms with Gasteiger partial charge in [-0.3, -0.25) is 9.29 Å². The Bertz CT molecular complexity index is 1470. The summed E-state index contributed by atoms with van der Waals surface area (Å²) in [4.78, 5) is 9.14. The number of sulfonamides is 1. The van der Waals surface area contributed by atoms with Crippen LogP contribution in [0.4, 0.5) is 5.95 Å². The molecular weight excluding hydrogens is 540 g/mol. The Kier molecular flexibility index (Phi) is 7.97. The summed E-state index contributed by atoms with van der Waals surface area (Å²) in [5, 5.41) is 7.35. The van der Waals surface area contributed by atoms with Crippen molar-refractivity contribution in [2.45, 2.75) is 25.2 Å². The van der Waals surface area contributed by atoms with Gasteiger partial charge in [0.2, 0.25) is 16.0 Å². The maximum absolute atomic E-state index is 13.6. The smallest absolute Gasteiger partial charge is 0.243 e. The maximum Gasteiger partial charge on any atom is 0.243 e. The van der Waals surface area contributed by atoms with Crippen molar-refractivity contribution in [1.82, 2.24) is 24.7 Å². The molecule has 0 spiro atoms. The molecule has 4 aromatic rings. The molecule has 4 rings (SSSR count). The van der Waals surface area contributed by atoms with Crippen molar-refractivity contribution >= 4 is 38.9 Å². The number of hydrogen-bond acceptors (Lipinski definition) is 10. The number of nitrogens with zero attached hydrogens (tertiary/aromatic N) is 5. The molecule has 2 atom stereocenters. The maximum atomic E-state index is 13.6. The Balaban J connectivity index is 1.82. The summed E-state index contributed by atoms with van der Waals surface area (Å²) in [7, 11) is 0.307. The summed E-state index contributed by atoms with van der Waals surface area (Å²) >= 11 is 7.44. The van der Waals surface area contributed by atoms with Crippen molar-refractivity contribution in [3.63, 3.8) is 0 Å². The van der Waals surface area contributed by atoms with Crippen molar-refractivity contribution in [2.24, 2.45) is 0 Å². The molecule has 0 unspecified atom stereocenters. The van der Waals surface area contributed by atoms with Crippen molar-refractivity contribution in [1.29, 1.82) is 0 Å². The number of nitrogens with one attached hydrogen (secondary N) is 1. The van der Waals surface area contributed by atoms with E-state index in [1.165, 1.54) is 44.2 Å². The highest BCUT2D eigenvalue weighted by molar-refractivity contribution is 7.93. The quantitative estimate of drug-likeness (QED) is 0.300. The fourth-order valence-corrected chi connectivity index (χ4v) is 5.80. The molecule has 11 nitrogen and oxygen atoms in total. The van der Waals surface area contributed by atoms with Crippen LogP contribution in [0, 0.1) is 6.92 Å². The number of anilines is 1. The molecule has 1 aromatic carbocycles. The van der Waals surface area contributed by atoms with E-state index in [0.29, 0.717) is 32.2 Å².